The number of fused-ring (bicyclic) bond motifs is 3. The quantitative estimate of drug-likeness (QED) is 0.423. The largest absolute Gasteiger partial charge is 0.282 e. The van der Waals surface area contributed by atoms with Crippen LogP contribution in [0.4, 0.5) is 0 Å². The highest BCUT2D eigenvalue weighted by Crippen LogP contribution is 2.30. The summed E-state index contributed by atoms with van der Waals surface area (Å²) in [4.78, 5) is 14.0. The van der Waals surface area contributed by atoms with Crippen molar-refractivity contribution in [1.82, 2.24) is 29.1 Å². The van der Waals surface area contributed by atoms with Gasteiger partial charge in [-0.1, -0.05) is 30.3 Å². The highest BCUT2D eigenvalue weighted by molar-refractivity contribution is 9.10. The lowest BCUT2D eigenvalue weighted by Gasteiger charge is -2.06. The first kappa shape index (κ1) is 16.1. The van der Waals surface area contributed by atoms with Crippen molar-refractivity contribution < 1.29 is 0 Å². The SMILES string of the molecule is Cc1c(C)n(-c2ccc(Br)cn2)c2ncn3nc(-c4ccccc4)nc3c12. The second kappa shape index (κ2) is 5.99. The van der Waals surface area contributed by atoms with Crippen molar-refractivity contribution in [1.29, 1.82) is 0 Å². The highest BCUT2D eigenvalue weighted by Gasteiger charge is 2.19. The van der Waals surface area contributed by atoms with Crippen molar-refractivity contribution in [2.24, 2.45) is 0 Å². The number of pyridine rings is 1. The zero-order valence-corrected chi connectivity index (χ0v) is 16.3. The minimum absolute atomic E-state index is 0.691. The van der Waals surface area contributed by atoms with Gasteiger partial charge < -0.3 is 0 Å². The number of hydrogen-bond donors (Lipinski definition) is 0. The van der Waals surface area contributed by atoms with E-state index in [0.717, 1.165) is 43.8 Å². The first-order valence-corrected chi connectivity index (χ1v) is 9.33. The predicted molar refractivity (Wildman–Crippen MR) is 108 cm³/mol. The van der Waals surface area contributed by atoms with Crippen LogP contribution in [-0.2, 0) is 0 Å². The first-order chi connectivity index (χ1) is 13.1. The van der Waals surface area contributed by atoms with Gasteiger partial charge in [0.15, 0.2) is 17.1 Å². The fourth-order valence-electron chi connectivity index (χ4n) is 3.35. The number of rotatable bonds is 2. The van der Waals surface area contributed by atoms with E-state index in [1.54, 1.807) is 17.0 Å². The Hall–Kier alpha value is -3.06. The van der Waals surface area contributed by atoms with E-state index in [1.165, 1.54) is 0 Å². The van der Waals surface area contributed by atoms with Crippen LogP contribution in [0.15, 0.2) is 59.5 Å². The third kappa shape index (κ3) is 2.46. The average Bonchev–Trinajstić information content (AvgIpc) is 3.23. The Kier molecular flexibility index (Phi) is 3.58. The zero-order valence-electron chi connectivity index (χ0n) is 14.8. The Morgan fingerprint density at radius 3 is 2.48 bits per heavy atom. The molecule has 0 atom stereocenters. The van der Waals surface area contributed by atoms with E-state index in [2.05, 4.69) is 49.4 Å². The van der Waals surface area contributed by atoms with E-state index in [0.29, 0.717) is 5.82 Å². The van der Waals surface area contributed by atoms with Gasteiger partial charge in [-0.3, -0.25) is 4.57 Å². The van der Waals surface area contributed by atoms with Crippen LogP contribution in [0.5, 0.6) is 0 Å². The van der Waals surface area contributed by atoms with Gasteiger partial charge in [-0.05, 0) is 47.5 Å². The van der Waals surface area contributed by atoms with Crippen LogP contribution in [0.25, 0.3) is 33.9 Å². The van der Waals surface area contributed by atoms with Crippen molar-refractivity contribution in [2.45, 2.75) is 13.8 Å². The van der Waals surface area contributed by atoms with Gasteiger partial charge in [0.05, 0.1) is 5.39 Å². The molecule has 5 aromatic rings. The summed E-state index contributed by atoms with van der Waals surface area (Å²) in [6.45, 7) is 4.16. The van der Waals surface area contributed by atoms with Crippen molar-refractivity contribution >= 4 is 32.6 Å². The summed E-state index contributed by atoms with van der Waals surface area (Å²) in [5.41, 5.74) is 4.83. The molecular formula is C20H15BrN6. The monoisotopic (exact) mass is 418 g/mol. The maximum absolute atomic E-state index is 4.80. The molecule has 0 aliphatic rings. The zero-order chi connectivity index (χ0) is 18.5. The molecule has 0 spiro atoms. The van der Waals surface area contributed by atoms with E-state index in [1.807, 2.05) is 42.5 Å². The molecule has 0 radical (unpaired) electrons. The lowest BCUT2D eigenvalue weighted by molar-refractivity contribution is 0.919. The molecule has 6 nitrogen and oxygen atoms in total. The van der Waals surface area contributed by atoms with Crippen LogP contribution in [0, 0.1) is 13.8 Å². The summed E-state index contributed by atoms with van der Waals surface area (Å²) in [6.07, 6.45) is 3.50. The summed E-state index contributed by atoms with van der Waals surface area (Å²) in [5, 5.41) is 5.60. The smallest absolute Gasteiger partial charge is 0.182 e. The van der Waals surface area contributed by atoms with Crippen molar-refractivity contribution in [3.63, 3.8) is 0 Å². The molecule has 4 aromatic heterocycles. The van der Waals surface area contributed by atoms with Gasteiger partial charge in [-0.25, -0.2) is 19.5 Å². The third-order valence-electron chi connectivity index (χ3n) is 4.81. The second-order valence-electron chi connectivity index (χ2n) is 6.39. The number of hydrogen-bond acceptors (Lipinski definition) is 4. The standard InChI is InChI=1S/C20H15BrN6/c1-12-13(2)27(16-9-8-15(21)10-22-16)19-17(12)20-24-18(25-26(20)11-23-19)14-6-4-3-5-7-14/h3-11H,1-2H3. The lowest BCUT2D eigenvalue weighted by atomic mass is 10.2. The molecule has 0 unspecified atom stereocenters. The van der Waals surface area contributed by atoms with Crippen molar-refractivity contribution in [3.05, 3.63) is 70.7 Å². The number of nitrogens with zero attached hydrogens (tertiary/aromatic N) is 6. The Morgan fingerprint density at radius 2 is 1.74 bits per heavy atom. The lowest BCUT2D eigenvalue weighted by Crippen LogP contribution is -2.01. The number of aryl methyl sites for hydroxylation is 1. The van der Waals surface area contributed by atoms with Gasteiger partial charge >= 0.3 is 0 Å². The van der Waals surface area contributed by atoms with Gasteiger partial charge in [0.25, 0.3) is 0 Å². The number of halogens is 1. The number of aromatic nitrogens is 6. The Morgan fingerprint density at radius 1 is 0.926 bits per heavy atom. The van der Waals surface area contributed by atoms with Gasteiger partial charge in [0, 0.05) is 21.9 Å². The maximum Gasteiger partial charge on any atom is 0.182 e. The molecule has 7 heteroatoms. The molecule has 5 rings (SSSR count). The van der Waals surface area contributed by atoms with E-state index in [4.69, 9.17) is 4.98 Å². The second-order valence-corrected chi connectivity index (χ2v) is 7.31. The summed E-state index contributed by atoms with van der Waals surface area (Å²) in [5.74, 6) is 1.52. The summed E-state index contributed by atoms with van der Waals surface area (Å²) >= 11 is 3.44. The molecule has 0 aliphatic heterocycles. The Bertz CT molecular complexity index is 1290. The van der Waals surface area contributed by atoms with Crippen LogP contribution >= 0.6 is 15.9 Å². The summed E-state index contributed by atoms with van der Waals surface area (Å²) < 4.78 is 4.75. The van der Waals surface area contributed by atoms with Crippen LogP contribution in [0.1, 0.15) is 11.3 Å². The highest BCUT2D eigenvalue weighted by atomic mass is 79.9. The maximum atomic E-state index is 4.80. The van der Waals surface area contributed by atoms with Gasteiger partial charge in [-0.2, -0.15) is 0 Å². The third-order valence-corrected chi connectivity index (χ3v) is 5.27. The topological polar surface area (TPSA) is 60.9 Å². The average molecular weight is 419 g/mol. The van der Waals surface area contributed by atoms with Gasteiger partial charge in [0.2, 0.25) is 0 Å². The van der Waals surface area contributed by atoms with E-state index in [-0.39, 0.29) is 0 Å². The molecule has 1 aromatic carbocycles. The molecule has 0 fully saturated rings. The van der Waals surface area contributed by atoms with E-state index in [9.17, 15) is 0 Å². The summed E-state index contributed by atoms with van der Waals surface area (Å²) in [7, 11) is 0. The van der Waals surface area contributed by atoms with Crippen LogP contribution in [0.2, 0.25) is 0 Å². The minimum Gasteiger partial charge on any atom is -0.282 e. The molecule has 27 heavy (non-hydrogen) atoms. The fourth-order valence-corrected chi connectivity index (χ4v) is 3.59. The van der Waals surface area contributed by atoms with Crippen molar-refractivity contribution in [3.8, 4) is 17.2 Å². The van der Waals surface area contributed by atoms with Gasteiger partial charge in [-0.15, -0.1) is 5.10 Å². The first-order valence-electron chi connectivity index (χ1n) is 8.54. The van der Waals surface area contributed by atoms with E-state index < -0.39 is 0 Å². The molecule has 0 N–H and O–H groups in total. The molecule has 0 saturated carbocycles. The normalized spacial score (nSPS) is 11.5. The van der Waals surface area contributed by atoms with Gasteiger partial charge in [0.1, 0.15) is 12.1 Å². The minimum atomic E-state index is 0.691. The molecule has 0 aliphatic carbocycles. The van der Waals surface area contributed by atoms with Crippen LogP contribution in [0.3, 0.4) is 0 Å². The molecule has 0 amide bonds. The van der Waals surface area contributed by atoms with Crippen LogP contribution < -0.4 is 0 Å². The number of benzene rings is 1. The van der Waals surface area contributed by atoms with E-state index >= 15 is 0 Å². The molecule has 0 saturated heterocycles. The van der Waals surface area contributed by atoms with Crippen LogP contribution in [-0.4, -0.2) is 29.1 Å². The molecule has 132 valence electrons. The Balaban J connectivity index is 1.80. The summed E-state index contributed by atoms with van der Waals surface area (Å²) in [6, 6.07) is 13.9. The predicted octanol–water partition coefficient (Wildman–Crippen LogP) is 4.51. The Labute approximate surface area is 163 Å². The fraction of sp³-hybridized carbons (Fsp3) is 0.100. The molecule has 0 bridgehead atoms. The van der Waals surface area contributed by atoms with Crippen molar-refractivity contribution in [2.75, 3.05) is 0 Å². The molecule has 4 heterocycles. The molecular weight excluding hydrogens is 404 g/mol.